The molecule has 1 unspecified atom stereocenters. The van der Waals surface area contributed by atoms with Gasteiger partial charge in [0.05, 0.1) is 11.4 Å². The summed E-state index contributed by atoms with van der Waals surface area (Å²) in [5, 5.41) is 0. The molecule has 1 nitrogen and oxygen atoms in total. The number of hydrogen-bond donors (Lipinski definition) is 0. The van der Waals surface area contributed by atoms with Gasteiger partial charge in [0, 0.05) is 15.3 Å². The molecule has 0 aliphatic carbocycles. The zero-order chi connectivity index (χ0) is 13.1. The van der Waals surface area contributed by atoms with Crippen LogP contribution in [-0.4, -0.2) is 6.61 Å². The number of para-hydroxylation sites is 1. The van der Waals surface area contributed by atoms with E-state index >= 15 is 0 Å². The number of ether oxygens (including phenoxy) is 1. The minimum Gasteiger partial charge on any atom is -0.494 e. The van der Waals surface area contributed by atoms with Crippen molar-refractivity contribution in [2.75, 3.05) is 6.61 Å². The molecule has 2 rings (SSSR count). The smallest absolute Gasteiger partial charge is 0.123 e. The van der Waals surface area contributed by atoms with Gasteiger partial charge in [0.2, 0.25) is 0 Å². The van der Waals surface area contributed by atoms with Gasteiger partial charge in [-0.15, -0.1) is 11.3 Å². The third kappa shape index (κ3) is 2.78. The van der Waals surface area contributed by atoms with Crippen molar-refractivity contribution in [2.24, 2.45) is 0 Å². The molecule has 0 fully saturated rings. The highest BCUT2D eigenvalue weighted by molar-refractivity contribution is 9.09. The molecule has 1 heterocycles. The first-order valence-corrected chi connectivity index (χ1v) is 7.79. The van der Waals surface area contributed by atoms with E-state index in [0.717, 1.165) is 5.75 Å². The Kier molecular flexibility index (Phi) is 4.46. The summed E-state index contributed by atoms with van der Waals surface area (Å²) < 4.78 is 5.70. The van der Waals surface area contributed by atoms with Crippen molar-refractivity contribution in [2.45, 2.75) is 25.6 Å². The second-order valence-electron chi connectivity index (χ2n) is 4.20. The lowest BCUT2D eigenvalue weighted by Crippen LogP contribution is -1.99. The van der Waals surface area contributed by atoms with Crippen LogP contribution in [0.5, 0.6) is 5.75 Å². The lowest BCUT2D eigenvalue weighted by Gasteiger charge is -2.15. The highest BCUT2D eigenvalue weighted by atomic mass is 79.9. The van der Waals surface area contributed by atoms with E-state index in [2.05, 4.69) is 48.0 Å². The molecule has 0 amide bonds. The van der Waals surface area contributed by atoms with E-state index in [9.17, 15) is 0 Å². The number of rotatable bonds is 4. The first-order chi connectivity index (χ1) is 8.63. The molecule has 1 aromatic carbocycles. The van der Waals surface area contributed by atoms with Crippen LogP contribution in [0.2, 0.25) is 0 Å². The summed E-state index contributed by atoms with van der Waals surface area (Å²) >= 11 is 5.65. The van der Waals surface area contributed by atoms with E-state index in [4.69, 9.17) is 4.74 Å². The van der Waals surface area contributed by atoms with Gasteiger partial charge >= 0.3 is 0 Å². The lowest BCUT2D eigenvalue weighted by atomic mass is 10.0. The first-order valence-electron chi connectivity index (χ1n) is 6.06. The lowest BCUT2D eigenvalue weighted by molar-refractivity contribution is 0.337. The SMILES string of the molecule is CCOc1ccccc1C(Br)c1cc(C)sc1C. The molecule has 0 radical (unpaired) electrons. The monoisotopic (exact) mass is 324 g/mol. The fraction of sp³-hybridized carbons (Fsp3) is 0.333. The van der Waals surface area contributed by atoms with Gasteiger partial charge in [-0.2, -0.15) is 0 Å². The van der Waals surface area contributed by atoms with Crippen molar-refractivity contribution >= 4 is 27.3 Å². The number of aryl methyl sites for hydroxylation is 2. The standard InChI is InChI=1S/C15H17BrOS/c1-4-17-14-8-6-5-7-12(14)15(16)13-9-10(2)18-11(13)3/h5-9,15H,4H2,1-3H3. The van der Waals surface area contributed by atoms with Gasteiger partial charge in [-0.3, -0.25) is 0 Å². The Morgan fingerprint density at radius 2 is 1.94 bits per heavy atom. The van der Waals surface area contributed by atoms with E-state index < -0.39 is 0 Å². The molecule has 0 N–H and O–H groups in total. The topological polar surface area (TPSA) is 9.23 Å². The average Bonchev–Trinajstić information content (AvgIpc) is 2.69. The Labute approximate surface area is 121 Å². The molecule has 96 valence electrons. The highest BCUT2D eigenvalue weighted by Gasteiger charge is 2.18. The van der Waals surface area contributed by atoms with Crippen LogP contribution < -0.4 is 4.74 Å². The van der Waals surface area contributed by atoms with E-state index in [1.165, 1.54) is 20.9 Å². The van der Waals surface area contributed by atoms with Crippen molar-refractivity contribution in [1.29, 1.82) is 0 Å². The van der Waals surface area contributed by atoms with Crippen LogP contribution in [0.1, 0.15) is 32.6 Å². The summed E-state index contributed by atoms with van der Waals surface area (Å²) in [6.45, 7) is 7.03. The molecule has 0 aliphatic rings. The molecule has 1 aromatic heterocycles. The molecule has 2 aromatic rings. The number of halogens is 1. The van der Waals surface area contributed by atoms with Gasteiger partial charge in [0.25, 0.3) is 0 Å². The van der Waals surface area contributed by atoms with Crippen LogP contribution in [0.25, 0.3) is 0 Å². The molecule has 0 spiro atoms. The summed E-state index contributed by atoms with van der Waals surface area (Å²) in [6.07, 6.45) is 0. The second kappa shape index (κ2) is 5.89. The van der Waals surface area contributed by atoms with Gasteiger partial charge in [-0.1, -0.05) is 34.1 Å². The first kappa shape index (κ1) is 13.6. The Bertz CT molecular complexity index is 533. The van der Waals surface area contributed by atoms with E-state index in [0.29, 0.717) is 6.61 Å². The van der Waals surface area contributed by atoms with Gasteiger partial charge < -0.3 is 4.74 Å². The van der Waals surface area contributed by atoms with Gasteiger partial charge in [0.15, 0.2) is 0 Å². The van der Waals surface area contributed by atoms with Crippen molar-refractivity contribution in [3.63, 3.8) is 0 Å². The van der Waals surface area contributed by atoms with Crippen molar-refractivity contribution in [1.82, 2.24) is 0 Å². The van der Waals surface area contributed by atoms with Crippen molar-refractivity contribution in [3.8, 4) is 5.75 Å². The molecule has 0 bridgehead atoms. The van der Waals surface area contributed by atoms with Gasteiger partial charge in [-0.25, -0.2) is 0 Å². The van der Waals surface area contributed by atoms with Crippen LogP contribution in [0.15, 0.2) is 30.3 Å². The van der Waals surface area contributed by atoms with E-state index in [1.54, 1.807) is 0 Å². The highest BCUT2D eigenvalue weighted by Crippen LogP contribution is 2.40. The maximum Gasteiger partial charge on any atom is 0.123 e. The van der Waals surface area contributed by atoms with Crippen LogP contribution >= 0.6 is 27.3 Å². The second-order valence-corrected chi connectivity index (χ2v) is 6.58. The maximum atomic E-state index is 5.70. The van der Waals surface area contributed by atoms with Crippen LogP contribution in [-0.2, 0) is 0 Å². The summed E-state index contributed by atoms with van der Waals surface area (Å²) in [5.74, 6) is 0.963. The third-order valence-electron chi connectivity index (χ3n) is 2.84. The van der Waals surface area contributed by atoms with Crippen molar-refractivity contribution < 1.29 is 4.74 Å². The van der Waals surface area contributed by atoms with Crippen LogP contribution in [0.3, 0.4) is 0 Å². The minimum absolute atomic E-state index is 0.199. The quantitative estimate of drug-likeness (QED) is 0.698. The molecule has 3 heteroatoms. The number of thiophene rings is 1. The Balaban J connectivity index is 2.39. The normalized spacial score (nSPS) is 12.4. The van der Waals surface area contributed by atoms with E-state index in [1.807, 2.05) is 30.4 Å². The molecular weight excluding hydrogens is 308 g/mol. The largest absolute Gasteiger partial charge is 0.494 e. The predicted octanol–water partition coefficient (Wildman–Crippen LogP) is 5.25. The Morgan fingerprint density at radius 3 is 2.56 bits per heavy atom. The molecule has 0 saturated carbocycles. The van der Waals surface area contributed by atoms with Crippen LogP contribution in [0.4, 0.5) is 0 Å². The average molecular weight is 325 g/mol. The predicted molar refractivity (Wildman–Crippen MR) is 82.2 cm³/mol. The summed E-state index contributed by atoms with van der Waals surface area (Å²) in [6, 6.07) is 10.5. The van der Waals surface area contributed by atoms with Gasteiger partial charge in [-0.05, 0) is 38.5 Å². The zero-order valence-corrected chi connectivity index (χ0v) is 13.3. The van der Waals surface area contributed by atoms with E-state index in [-0.39, 0.29) is 4.83 Å². The summed E-state index contributed by atoms with van der Waals surface area (Å²) in [4.78, 5) is 2.91. The molecule has 1 atom stereocenters. The maximum absolute atomic E-state index is 5.70. The fourth-order valence-corrected chi connectivity index (χ4v) is 4.02. The fourth-order valence-electron chi connectivity index (χ4n) is 2.05. The molecular formula is C15H17BrOS. The molecule has 0 saturated heterocycles. The number of alkyl halides is 1. The molecule has 0 aliphatic heterocycles. The number of hydrogen-bond acceptors (Lipinski definition) is 2. The number of benzene rings is 1. The summed E-state index contributed by atoms with van der Waals surface area (Å²) in [7, 11) is 0. The zero-order valence-electron chi connectivity index (χ0n) is 10.9. The minimum atomic E-state index is 0.199. The third-order valence-corrected chi connectivity index (χ3v) is 4.81. The van der Waals surface area contributed by atoms with Gasteiger partial charge in [0.1, 0.15) is 5.75 Å². The van der Waals surface area contributed by atoms with Crippen molar-refractivity contribution in [3.05, 3.63) is 51.2 Å². The Morgan fingerprint density at radius 1 is 1.22 bits per heavy atom. The van der Waals surface area contributed by atoms with Crippen LogP contribution in [0, 0.1) is 13.8 Å². The summed E-state index contributed by atoms with van der Waals surface area (Å²) in [5.41, 5.74) is 2.53. The molecule has 18 heavy (non-hydrogen) atoms. The Hall–Kier alpha value is -0.800.